The summed E-state index contributed by atoms with van der Waals surface area (Å²) in [6.45, 7) is 4.01. The maximum absolute atomic E-state index is 13.4. The lowest BCUT2D eigenvalue weighted by Crippen LogP contribution is -2.24. The molecule has 0 atom stereocenters. The quantitative estimate of drug-likeness (QED) is 0.265. The Morgan fingerprint density at radius 3 is 2.68 bits per heavy atom. The maximum atomic E-state index is 13.4. The van der Waals surface area contributed by atoms with Crippen LogP contribution in [0.4, 0.5) is 0 Å². The second-order valence-corrected chi connectivity index (χ2v) is 11.1. The van der Waals surface area contributed by atoms with Crippen molar-refractivity contribution in [2.75, 3.05) is 14.1 Å². The van der Waals surface area contributed by atoms with E-state index >= 15 is 0 Å². The Balaban J connectivity index is 1.62. The van der Waals surface area contributed by atoms with Crippen molar-refractivity contribution < 1.29 is 4.79 Å². The zero-order valence-corrected chi connectivity index (χ0v) is 20.9. The smallest absolute Gasteiger partial charge is 0.263 e. The van der Waals surface area contributed by atoms with Crippen LogP contribution in [0.2, 0.25) is 0 Å². The summed E-state index contributed by atoms with van der Waals surface area (Å²) in [6, 6.07) is 4.03. The van der Waals surface area contributed by atoms with Crippen LogP contribution in [0, 0.1) is 0 Å². The fraction of sp³-hybridized carbons (Fsp3) is 0.333. The number of hydrogen-bond acceptors (Lipinski definition) is 8. The minimum atomic E-state index is -0.00769. The first-order chi connectivity index (χ1) is 14.8. The average molecular weight is 491 g/mol. The zero-order valence-electron chi connectivity index (χ0n) is 17.6. The zero-order chi connectivity index (χ0) is 22.1. The number of carbonyl (C=O) groups excluding carboxylic acids is 1. The molecule has 0 aromatic carbocycles. The molecular weight excluding hydrogens is 469 g/mol. The predicted octanol–water partition coefficient (Wildman–Crippen LogP) is 5.15. The number of thioether (sulfide) groups is 1. The number of carbonyl (C=O) groups is 1. The van der Waals surface area contributed by atoms with Gasteiger partial charge in [-0.25, -0.2) is 9.97 Å². The molecule has 0 radical (unpaired) electrons. The van der Waals surface area contributed by atoms with Gasteiger partial charge >= 0.3 is 0 Å². The van der Waals surface area contributed by atoms with Gasteiger partial charge in [0, 0.05) is 47.1 Å². The Hall–Kier alpha value is -2.01. The van der Waals surface area contributed by atoms with Gasteiger partial charge in [-0.3, -0.25) is 14.2 Å². The predicted molar refractivity (Wildman–Crippen MR) is 132 cm³/mol. The second-order valence-electron chi connectivity index (χ2n) is 7.46. The SMILES string of the molecule is CC(C)n1c(SCc2csc(CC(=O)N(C)C)n2)nc2scc(-c3cccs3)c2c1=O. The van der Waals surface area contributed by atoms with Crippen molar-refractivity contribution in [3.8, 4) is 10.4 Å². The van der Waals surface area contributed by atoms with E-state index < -0.39 is 0 Å². The summed E-state index contributed by atoms with van der Waals surface area (Å²) in [5, 5.41) is 8.22. The van der Waals surface area contributed by atoms with Gasteiger partial charge in [0.15, 0.2) is 5.16 Å². The summed E-state index contributed by atoms with van der Waals surface area (Å²) < 4.78 is 1.78. The van der Waals surface area contributed by atoms with Crippen LogP contribution in [0.1, 0.15) is 30.6 Å². The summed E-state index contributed by atoms with van der Waals surface area (Å²) in [4.78, 5) is 38.2. The minimum Gasteiger partial charge on any atom is -0.348 e. The maximum Gasteiger partial charge on any atom is 0.263 e. The first-order valence-electron chi connectivity index (χ1n) is 9.69. The Labute approximate surface area is 196 Å². The molecule has 0 aliphatic rings. The van der Waals surface area contributed by atoms with Gasteiger partial charge in [-0.05, 0) is 25.3 Å². The van der Waals surface area contributed by atoms with E-state index in [1.807, 2.05) is 42.1 Å². The minimum absolute atomic E-state index is 0.00250. The molecule has 1 amide bonds. The van der Waals surface area contributed by atoms with Crippen molar-refractivity contribution in [1.29, 1.82) is 0 Å². The van der Waals surface area contributed by atoms with Gasteiger partial charge in [0.2, 0.25) is 5.91 Å². The van der Waals surface area contributed by atoms with E-state index in [9.17, 15) is 9.59 Å². The lowest BCUT2D eigenvalue weighted by atomic mass is 10.2. The van der Waals surface area contributed by atoms with Crippen LogP contribution in [-0.2, 0) is 17.0 Å². The summed E-state index contributed by atoms with van der Waals surface area (Å²) >= 11 is 6.14. The van der Waals surface area contributed by atoms with E-state index in [0.29, 0.717) is 22.7 Å². The van der Waals surface area contributed by atoms with Gasteiger partial charge in [0.05, 0.1) is 17.5 Å². The first kappa shape index (κ1) is 22.2. The van der Waals surface area contributed by atoms with Gasteiger partial charge in [-0.2, -0.15) is 0 Å². The molecule has 0 saturated heterocycles. The second kappa shape index (κ2) is 9.23. The highest BCUT2D eigenvalue weighted by Gasteiger charge is 2.20. The van der Waals surface area contributed by atoms with E-state index in [2.05, 4.69) is 4.98 Å². The van der Waals surface area contributed by atoms with Crippen LogP contribution in [0.5, 0.6) is 0 Å². The average Bonchev–Trinajstić information content (AvgIpc) is 3.46. The molecule has 0 saturated carbocycles. The number of aromatic nitrogens is 3. The monoisotopic (exact) mass is 490 g/mol. The molecule has 0 bridgehead atoms. The molecular formula is C21H22N4O2S4. The highest BCUT2D eigenvalue weighted by molar-refractivity contribution is 7.98. The van der Waals surface area contributed by atoms with E-state index in [1.54, 1.807) is 34.9 Å². The lowest BCUT2D eigenvalue weighted by Gasteiger charge is -2.15. The lowest BCUT2D eigenvalue weighted by molar-refractivity contribution is -0.127. The number of rotatable bonds is 7. The summed E-state index contributed by atoms with van der Waals surface area (Å²) in [5.74, 6) is 0.633. The number of likely N-dealkylation sites (N-methyl/N-ethyl adjacent to an activating group) is 1. The van der Waals surface area contributed by atoms with E-state index in [0.717, 1.165) is 26.0 Å². The molecule has 4 rings (SSSR count). The van der Waals surface area contributed by atoms with Gasteiger partial charge in [0.1, 0.15) is 9.84 Å². The standard InChI is InChI=1S/C21H22N4O2S4/c1-12(2)25-20(27)18-14(15-6-5-7-28-15)11-30-19(18)23-21(25)31-10-13-9-29-16(22-13)8-17(26)24(3)4/h5-7,9,11-12H,8,10H2,1-4H3. The van der Waals surface area contributed by atoms with Crippen LogP contribution in [-0.4, -0.2) is 39.4 Å². The molecule has 10 heteroatoms. The third kappa shape index (κ3) is 4.62. The van der Waals surface area contributed by atoms with Crippen LogP contribution in [0.3, 0.4) is 0 Å². The fourth-order valence-corrected chi connectivity index (χ4v) is 6.79. The highest BCUT2D eigenvalue weighted by atomic mass is 32.2. The molecule has 31 heavy (non-hydrogen) atoms. The van der Waals surface area contributed by atoms with Crippen molar-refractivity contribution >= 4 is 61.9 Å². The summed E-state index contributed by atoms with van der Waals surface area (Å²) in [6.07, 6.45) is 0.309. The third-order valence-corrected chi connectivity index (χ3v) is 8.32. The Kier molecular flexibility index (Phi) is 6.61. The van der Waals surface area contributed by atoms with Crippen LogP contribution >= 0.6 is 45.8 Å². The van der Waals surface area contributed by atoms with Crippen molar-refractivity contribution in [3.05, 3.63) is 49.3 Å². The van der Waals surface area contributed by atoms with Crippen LogP contribution < -0.4 is 5.56 Å². The van der Waals surface area contributed by atoms with Gasteiger partial charge in [-0.15, -0.1) is 34.0 Å². The Bertz CT molecular complexity index is 1270. The Morgan fingerprint density at radius 2 is 2.00 bits per heavy atom. The van der Waals surface area contributed by atoms with Gasteiger partial charge in [0.25, 0.3) is 5.56 Å². The molecule has 0 N–H and O–H groups in total. The van der Waals surface area contributed by atoms with Crippen molar-refractivity contribution in [2.24, 2.45) is 0 Å². The van der Waals surface area contributed by atoms with E-state index in [4.69, 9.17) is 4.98 Å². The van der Waals surface area contributed by atoms with Gasteiger partial charge in [-0.1, -0.05) is 17.8 Å². The topological polar surface area (TPSA) is 68.1 Å². The van der Waals surface area contributed by atoms with Crippen molar-refractivity contribution in [2.45, 2.75) is 37.2 Å². The number of amides is 1. The molecule has 4 aromatic rings. The number of thiophene rings is 2. The molecule has 4 aromatic heterocycles. The summed E-state index contributed by atoms with van der Waals surface area (Å²) in [5.41, 5.74) is 1.86. The molecule has 4 heterocycles. The molecule has 0 unspecified atom stereocenters. The normalized spacial score (nSPS) is 11.5. The largest absolute Gasteiger partial charge is 0.348 e. The molecule has 0 aliphatic carbocycles. The van der Waals surface area contributed by atoms with Gasteiger partial charge < -0.3 is 4.90 Å². The molecule has 6 nitrogen and oxygen atoms in total. The van der Waals surface area contributed by atoms with E-state index in [-0.39, 0.29) is 17.5 Å². The third-order valence-electron chi connectivity index (χ3n) is 4.66. The summed E-state index contributed by atoms with van der Waals surface area (Å²) in [7, 11) is 3.49. The molecule has 162 valence electrons. The first-order valence-corrected chi connectivity index (χ1v) is 13.3. The van der Waals surface area contributed by atoms with Crippen LogP contribution in [0.25, 0.3) is 20.7 Å². The van der Waals surface area contributed by atoms with Crippen LogP contribution in [0.15, 0.2) is 38.2 Å². The Morgan fingerprint density at radius 1 is 1.19 bits per heavy atom. The van der Waals surface area contributed by atoms with E-state index in [1.165, 1.54) is 34.4 Å². The number of hydrogen-bond donors (Lipinski definition) is 0. The molecule has 0 aliphatic heterocycles. The van der Waals surface area contributed by atoms with Crippen molar-refractivity contribution in [3.63, 3.8) is 0 Å². The molecule has 0 spiro atoms. The number of nitrogens with zero attached hydrogens (tertiary/aromatic N) is 4. The fourth-order valence-electron chi connectivity index (χ4n) is 3.08. The van der Waals surface area contributed by atoms with Crippen molar-refractivity contribution in [1.82, 2.24) is 19.4 Å². The number of thiazole rings is 1. The highest BCUT2D eigenvalue weighted by Crippen LogP contribution is 2.35. The molecule has 0 fully saturated rings. The number of fused-ring (bicyclic) bond motifs is 1.